The minimum absolute atomic E-state index is 0.182. The van der Waals surface area contributed by atoms with E-state index < -0.39 is 0 Å². The highest BCUT2D eigenvalue weighted by molar-refractivity contribution is 6.04. The molecule has 1 aliphatic rings. The van der Waals surface area contributed by atoms with Gasteiger partial charge in [0.25, 0.3) is 0 Å². The quantitative estimate of drug-likeness (QED) is 0.290. The van der Waals surface area contributed by atoms with Crippen molar-refractivity contribution in [2.75, 3.05) is 0 Å². The van der Waals surface area contributed by atoms with Gasteiger partial charge in [-0.15, -0.1) is 0 Å². The van der Waals surface area contributed by atoms with Gasteiger partial charge in [0.15, 0.2) is 5.78 Å². The smallest absolute Gasteiger partial charge is 0.159 e. The minimum Gasteiger partial charge on any atom is -0.299 e. The zero-order chi connectivity index (χ0) is 18.3. The number of hydrogen-bond acceptors (Lipinski definition) is 2. The van der Waals surface area contributed by atoms with Crippen LogP contribution in [0.15, 0.2) is 23.8 Å². The monoisotopic (exact) mass is 346 g/mol. The van der Waals surface area contributed by atoms with Crippen LogP contribution in [0.5, 0.6) is 0 Å². The average molecular weight is 347 g/mol. The summed E-state index contributed by atoms with van der Waals surface area (Å²) < 4.78 is 0. The zero-order valence-corrected chi connectivity index (χ0v) is 16.5. The molecule has 0 aromatic carbocycles. The summed E-state index contributed by atoms with van der Waals surface area (Å²) in [6.07, 6.45) is 21.1. The summed E-state index contributed by atoms with van der Waals surface area (Å²) in [6.45, 7) is 4.43. The van der Waals surface area contributed by atoms with E-state index >= 15 is 0 Å². The molecule has 0 saturated carbocycles. The normalized spacial score (nSPS) is 16.2. The summed E-state index contributed by atoms with van der Waals surface area (Å²) in [5.41, 5.74) is 0.740. The van der Waals surface area contributed by atoms with Gasteiger partial charge in [0.05, 0.1) is 5.92 Å². The van der Waals surface area contributed by atoms with E-state index in [0.717, 1.165) is 31.3 Å². The molecule has 2 heteroatoms. The first-order valence-electron chi connectivity index (χ1n) is 10.6. The largest absolute Gasteiger partial charge is 0.299 e. The predicted molar refractivity (Wildman–Crippen MR) is 107 cm³/mol. The second-order valence-electron chi connectivity index (χ2n) is 7.41. The second-order valence-corrected chi connectivity index (χ2v) is 7.41. The summed E-state index contributed by atoms with van der Waals surface area (Å²) >= 11 is 0. The fraction of sp³-hybridized carbons (Fsp3) is 0.739. The molecule has 1 unspecified atom stereocenters. The van der Waals surface area contributed by atoms with E-state index in [9.17, 15) is 9.59 Å². The topological polar surface area (TPSA) is 34.1 Å². The molecular weight excluding hydrogens is 308 g/mol. The van der Waals surface area contributed by atoms with Gasteiger partial charge in [0.2, 0.25) is 0 Å². The molecule has 1 aliphatic carbocycles. The lowest BCUT2D eigenvalue weighted by Crippen LogP contribution is -2.18. The van der Waals surface area contributed by atoms with Crippen LogP contribution < -0.4 is 0 Å². The summed E-state index contributed by atoms with van der Waals surface area (Å²) in [5, 5.41) is 0. The van der Waals surface area contributed by atoms with E-state index in [4.69, 9.17) is 0 Å². The van der Waals surface area contributed by atoms with Crippen molar-refractivity contribution in [3.8, 4) is 0 Å². The van der Waals surface area contributed by atoms with Crippen molar-refractivity contribution in [2.45, 2.75) is 104 Å². The van der Waals surface area contributed by atoms with Crippen LogP contribution >= 0.6 is 0 Å². The van der Waals surface area contributed by atoms with Crippen LogP contribution in [-0.2, 0) is 9.59 Å². The van der Waals surface area contributed by atoms with Gasteiger partial charge in [0.1, 0.15) is 5.78 Å². The number of unbranched alkanes of at least 4 members (excludes halogenated alkanes) is 10. The molecule has 0 fully saturated rings. The van der Waals surface area contributed by atoms with Gasteiger partial charge in [0, 0.05) is 18.4 Å². The van der Waals surface area contributed by atoms with Gasteiger partial charge < -0.3 is 0 Å². The summed E-state index contributed by atoms with van der Waals surface area (Å²) in [7, 11) is 0. The van der Waals surface area contributed by atoms with Crippen LogP contribution in [0.1, 0.15) is 104 Å². The standard InChI is InChI=1S/C23H38O2/c1-3-5-7-9-11-13-18-22(24)20-16-15-17-21(20)23(25)19-14-12-10-8-6-4-2/h15-17,20H,3-14,18-19H2,1-2H3. The fourth-order valence-electron chi connectivity index (χ4n) is 3.47. The Bertz CT molecular complexity index is 445. The van der Waals surface area contributed by atoms with Crippen molar-refractivity contribution >= 4 is 11.6 Å². The Hall–Kier alpha value is -1.18. The Labute approximate surface area is 155 Å². The van der Waals surface area contributed by atoms with Gasteiger partial charge in [-0.2, -0.15) is 0 Å². The molecule has 0 spiro atoms. The van der Waals surface area contributed by atoms with Gasteiger partial charge in [-0.05, 0) is 12.8 Å². The van der Waals surface area contributed by atoms with Crippen LogP contribution in [0.25, 0.3) is 0 Å². The molecular formula is C23H38O2. The molecule has 25 heavy (non-hydrogen) atoms. The number of allylic oxidation sites excluding steroid dienone is 4. The summed E-state index contributed by atoms with van der Waals surface area (Å²) in [6, 6.07) is 0. The summed E-state index contributed by atoms with van der Waals surface area (Å²) in [5.74, 6) is 0.150. The maximum Gasteiger partial charge on any atom is 0.159 e. The second kappa shape index (κ2) is 14.0. The highest BCUT2D eigenvalue weighted by Crippen LogP contribution is 2.25. The van der Waals surface area contributed by atoms with Crippen molar-refractivity contribution in [3.63, 3.8) is 0 Å². The van der Waals surface area contributed by atoms with E-state index in [0.29, 0.717) is 12.8 Å². The number of rotatable bonds is 16. The van der Waals surface area contributed by atoms with E-state index in [-0.39, 0.29) is 17.5 Å². The molecule has 1 atom stereocenters. The molecule has 0 bridgehead atoms. The van der Waals surface area contributed by atoms with Crippen molar-refractivity contribution < 1.29 is 9.59 Å². The SMILES string of the molecule is CCCCCCCCC(=O)C1=CC=CC1C(=O)CCCCCCCC. The van der Waals surface area contributed by atoms with Crippen molar-refractivity contribution in [3.05, 3.63) is 23.8 Å². The first-order valence-corrected chi connectivity index (χ1v) is 10.6. The minimum atomic E-state index is -0.261. The molecule has 0 radical (unpaired) electrons. The predicted octanol–water partition coefficient (Wildman–Crippen LogP) is 6.74. The fourth-order valence-corrected chi connectivity index (χ4v) is 3.47. The maximum atomic E-state index is 12.5. The number of hydrogen-bond donors (Lipinski definition) is 0. The lowest BCUT2D eigenvalue weighted by Gasteiger charge is -2.12. The first kappa shape index (κ1) is 21.9. The van der Waals surface area contributed by atoms with E-state index in [1.807, 2.05) is 18.2 Å². The number of Topliss-reactive ketones (excluding diaryl/α,β-unsaturated/α-hetero) is 2. The molecule has 0 N–H and O–H groups in total. The van der Waals surface area contributed by atoms with E-state index in [1.165, 1.54) is 51.4 Å². The molecule has 2 nitrogen and oxygen atoms in total. The Morgan fingerprint density at radius 3 is 1.88 bits per heavy atom. The van der Waals surface area contributed by atoms with Gasteiger partial charge >= 0.3 is 0 Å². The maximum absolute atomic E-state index is 12.5. The zero-order valence-electron chi connectivity index (χ0n) is 16.5. The molecule has 0 aromatic heterocycles. The number of carbonyl (C=O) groups is 2. The third kappa shape index (κ3) is 9.18. The highest BCUT2D eigenvalue weighted by atomic mass is 16.1. The molecule has 0 aromatic rings. The molecule has 142 valence electrons. The third-order valence-electron chi connectivity index (χ3n) is 5.12. The summed E-state index contributed by atoms with van der Waals surface area (Å²) in [4.78, 5) is 24.9. The Morgan fingerprint density at radius 1 is 0.760 bits per heavy atom. The van der Waals surface area contributed by atoms with Crippen molar-refractivity contribution in [1.29, 1.82) is 0 Å². The lowest BCUT2D eigenvalue weighted by molar-refractivity contribution is -0.123. The van der Waals surface area contributed by atoms with Crippen LogP contribution in [-0.4, -0.2) is 11.6 Å². The Balaban J connectivity index is 2.23. The lowest BCUT2D eigenvalue weighted by atomic mass is 9.90. The molecule has 1 rings (SSSR count). The van der Waals surface area contributed by atoms with Gasteiger partial charge in [-0.3, -0.25) is 9.59 Å². The van der Waals surface area contributed by atoms with Crippen LogP contribution in [0.2, 0.25) is 0 Å². The molecule has 0 amide bonds. The van der Waals surface area contributed by atoms with Crippen LogP contribution in [0.4, 0.5) is 0 Å². The van der Waals surface area contributed by atoms with Crippen LogP contribution in [0.3, 0.4) is 0 Å². The van der Waals surface area contributed by atoms with Crippen LogP contribution in [0, 0.1) is 5.92 Å². The van der Waals surface area contributed by atoms with Gasteiger partial charge in [-0.25, -0.2) is 0 Å². The Morgan fingerprint density at radius 2 is 1.28 bits per heavy atom. The molecule has 0 saturated heterocycles. The molecule has 0 heterocycles. The van der Waals surface area contributed by atoms with E-state index in [1.54, 1.807) is 0 Å². The van der Waals surface area contributed by atoms with Crippen molar-refractivity contribution in [1.82, 2.24) is 0 Å². The number of carbonyl (C=O) groups excluding carboxylic acids is 2. The number of ketones is 2. The molecule has 0 aliphatic heterocycles. The van der Waals surface area contributed by atoms with Crippen molar-refractivity contribution in [2.24, 2.45) is 5.92 Å². The first-order chi connectivity index (χ1) is 12.2. The van der Waals surface area contributed by atoms with E-state index in [2.05, 4.69) is 13.8 Å². The van der Waals surface area contributed by atoms with Gasteiger partial charge in [-0.1, -0.05) is 96.3 Å². The highest BCUT2D eigenvalue weighted by Gasteiger charge is 2.26. The third-order valence-corrected chi connectivity index (χ3v) is 5.12. The average Bonchev–Trinajstić information content (AvgIpc) is 3.10. The Kier molecular flexibility index (Phi) is 12.3.